The normalized spacial score (nSPS) is 25.7. The molecule has 2 aromatic rings. The van der Waals surface area contributed by atoms with Crippen molar-refractivity contribution in [1.82, 2.24) is 0 Å². The third-order valence-corrected chi connectivity index (χ3v) is 5.83. The summed E-state index contributed by atoms with van der Waals surface area (Å²) in [6, 6.07) is 0. The van der Waals surface area contributed by atoms with Gasteiger partial charge in [0.15, 0.2) is 40.7 Å². The van der Waals surface area contributed by atoms with E-state index < -0.39 is 94.0 Å². The zero-order valence-corrected chi connectivity index (χ0v) is 16.4. The molecule has 0 bridgehead atoms. The quantitative estimate of drug-likeness (QED) is 0.226. The van der Waals surface area contributed by atoms with Crippen molar-refractivity contribution in [2.45, 2.75) is 31.2 Å². The second kappa shape index (κ2) is 8.49. The Bertz CT molecular complexity index is 1170. The molecule has 0 aromatic heterocycles. The zero-order chi connectivity index (χ0) is 24.2. The molecule has 0 radical (unpaired) electrons. The molecular formula is C21H15F7O5. The Morgan fingerprint density at radius 1 is 0.939 bits per heavy atom. The first kappa shape index (κ1) is 23.3. The summed E-state index contributed by atoms with van der Waals surface area (Å²) in [5, 5.41) is 16.6. The summed E-state index contributed by atoms with van der Waals surface area (Å²) in [5.74, 6) is -18.8. The number of halogens is 7. The lowest BCUT2D eigenvalue weighted by Crippen LogP contribution is -2.20. The molecule has 0 spiro atoms. The monoisotopic (exact) mass is 480 g/mol. The summed E-state index contributed by atoms with van der Waals surface area (Å²) < 4.78 is 107. The van der Waals surface area contributed by atoms with Crippen LogP contribution in [0.25, 0.3) is 10.8 Å². The van der Waals surface area contributed by atoms with Crippen molar-refractivity contribution in [2.75, 3.05) is 6.61 Å². The van der Waals surface area contributed by atoms with E-state index in [1.165, 1.54) is 6.08 Å². The Kier molecular flexibility index (Phi) is 5.99. The van der Waals surface area contributed by atoms with Gasteiger partial charge >= 0.3 is 5.97 Å². The highest BCUT2D eigenvalue weighted by Gasteiger charge is 2.48. The van der Waals surface area contributed by atoms with Crippen molar-refractivity contribution in [3.05, 3.63) is 52.9 Å². The molecule has 0 amide bonds. The van der Waals surface area contributed by atoms with Gasteiger partial charge in [0.2, 0.25) is 5.82 Å². The van der Waals surface area contributed by atoms with E-state index in [0.717, 1.165) is 6.08 Å². The molecule has 1 aliphatic heterocycles. The highest BCUT2D eigenvalue weighted by Crippen LogP contribution is 2.42. The predicted molar refractivity (Wildman–Crippen MR) is 96.4 cm³/mol. The van der Waals surface area contributed by atoms with Crippen LogP contribution in [0.1, 0.15) is 12.8 Å². The van der Waals surface area contributed by atoms with E-state index >= 15 is 0 Å². The molecule has 2 aliphatic rings. The number of aliphatic hydroxyl groups is 2. The molecule has 1 saturated heterocycles. The number of carbonyl (C=O) groups excluding carboxylic acids is 1. The van der Waals surface area contributed by atoms with Crippen molar-refractivity contribution in [2.24, 2.45) is 11.8 Å². The zero-order valence-electron chi connectivity index (χ0n) is 16.4. The second-order valence-electron chi connectivity index (χ2n) is 7.82. The van der Waals surface area contributed by atoms with Gasteiger partial charge in [0.1, 0.15) is 18.8 Å². The minimum absolute atomic E-state index is 0.0649. The van der Waals surface area contributed by atoms with E-state index in [-0.39, 0.29) is 18.8 Å². The summed E-state index contributed by atoms with van der Waals surface area (Å²) in [4.78, 5) is 11.4. The molecule has 1 heterocycles. The molecule has 0 unspecified atom stereocenters. The Morgan fingerprint density at radius 2 is 1.52 bits per heavy atom. The summed E-state index contributed by atoms with van der Waals surface area (Å²) in [5.41, 5.74) is 0. The van der Waals surface area contributed by atoms with Gasteiger partial charge in [0.25, 0.3) is 0 Å². The van der Waals surface area contributed by atoms with Crippen LogP contribution in [-0.2, 0) is 9.53 Å². The second-order valence-corrected chi connectivity index (χ2v) is 7.82. The topological polar surface area (TPSA) is 76.0 Å². The molecule has 178 valence electrons. The van der Waals surface area contributed by atoms with Crippen LogP contribution in [0.2, 0.25) is 0 Å². The fourth-order valence-corrected chi connectivity index (χ4v) is 4.26. The maximum atomic E-state index is 14.6. The Morgan fingerprint density at radius 3 is 2.15 bits per heavy atom. The summed E-state index contributed by atoms with van der Waals surface area (Å²) in [6.07, 6.45) is -0.180. The van der Waals surface area contributed by atoms with Crippen LogP contribution in [0.3, 0.4) is 0 Å². The van der Waals surface area contributed by atoms with E-state index in [2.05, 4.69) is 0 Å². The number of fused-ring (bicyclic) bond motifs is 2. The van der Waals surface area contributed by atoms with Crippen LogP contribution in [0.4, 0.5) is 30.7 Å². The van der Waals surface area contributed by atoms with Crippen LogP contribution in [0.15, 0.2) is 12.2 Å². The summed E-state index contributed by atoms with van der Waals surface area (Å²) in [7, 11) is 0. The molecule has 12 heteroatoms. The molecule has 2 aromatic carbocycles. The molecule has 33 heavy (non-hydrogen) atoms. The lowest BCUT2D eigenvalue weighted by atomic mass is 9.91. The minimum Gasteiger partial charge on any atom is -0.484 e. The Labute approximate surface area is 181 Å². The number of aliphatic hydroxyl groups excluding tert-OH is 2. The van der Waals surface area contributed by atoms with E-state index in [1.807, 2.05) is 0 Å². The fourth-order valence-electron chi connectivity index (χ4n) is 4.26. The van der Waals surface area contributed by atoms with Crippen LogP contribution in [0.5, 0.6) is 5.75 Å². The average Bonchev–Trinajstić information content (AvgIpc) is 3.25. The first-order valence-corrected chi connectivity index (χ1v) is 9.71. The van der Waals surface area contributed by atoms with Crippen LogP contribution in [0, 0.1) is 52.6 Å². The number of ether oxygens (including phenoxy) is 2. The van der Waals surface area contributed by atoms with Crippen molar-refractivity contribution < 1.29 is 55.2 Å². The Hall–Kier alpha value is -2.86. The van der Waals surface area contributed by atoms with E-state index in [0.29, 0.717) is 0 Å². The minimum atomic E-state index is -2.45. The molecular weight excluding hydrogens is 465 g/mol. The third kappa shape index (κ3) is 3.80. The number of carbonyl (C=O) groups is 1. The van der Waals surface area contributed by atoms with Gasteiger partial charge in [0.05, 0.1) is 23.3 Å². The average molecular weight is 480 g/mol. The number of benzene rings is 2. The molecule has 1 aliphatic carbocycles. The molecule has 5 nitrogen and oxygen atoms in total. The number of hydrogen-bond donors (Lipinski definition) is 2. The van der Waals surface area contributed by atoms with Gasteiger partial charge in [-0.25, -0.2) is 26.3 Å². The molecule has 1 saturated carbocycles. The first-order valence-electron chi connectivity index (χ1n) is 9.71. The standard InChI is InChI=1S/C21H15F7O5/c22-14-12-13(15(23)19(27)18(14)26)17(25)21(20(28)16(12)24)32-5-6(29)1-2-7-8-3-11(31)33-10(8)4-9(7)30/h1-2,6-10,29-30H,3-5H2/b2-1+/t6-,7-,8-,9-,10+/m1/s1. The summed E-state index contributed by atoms with van der Waals surface area (Å²) in [6.45, 7) is -0.907. The van der Waals surface area contributed by atoms with Gasteiger partial charge in [-0.15, -0.1) is 0 Å². The number of hydrogen-bond acceptors (Lipinski definition) is 5. The van der Waals surface area contributed by atoms with Gasteiger partial charge in [0, 0.05) is 18.3 Å². The maximum absolute atomic E-state index is 14.6. The Balaban J connectivity index is 1.56. The van der Waals surface area contributed by atoms with Crippen molar-refractivity contribution >= 4 is 16.7 Å². The van der Waals surface area contributed by atoms with Gasteiger partial charge in [-0.05, 0) is 0 Å². The first-order chi connectivity index (χ1) is 15.5. The highest BCUT2D eigenvalue weighted by molar-refractivity contribution is 5.87. The highest BCUT2D eigenvalue weighted by atomic mass is 19.2. The number of rotatable bonds is 5. The van der Waals surface area contributed by atoms with Crippen molar-refractivity contribution in [3.63, 3.8) is 0 Å². The van der Waals surface area contributed by atoms with E-state index in [1.54, 1.807) is 0 Å². The lowest BCUT2D eigenvalue weighted by Gasteiger charge is -2.16. The SMILES string of the molecule is O=C1C[C@@H]2[C@@H](/C=C/[C@@H](O)COc3c(F)c(F)c4c(F)c(F)c(F)c(F)c4c3F)[C@H](O)C[C@@H]2O1. The van der Waals surface area contributed by atoms with Crippen molar-refractivity contribution in [3.8, 4) is 5.75 Å². The molecule has 2 N–H and O–H groups in total. The smallest absolute Gasteiger partial charge is 0.306 e. The van der Waals surface area contributed by atoms with Gasteiger partial charge < -0.3 is 19.7 Å². The van der Waals surface area contributed by atoms with Crippen LogP contribution < -0.4 is 4.74 Å². The van der Waals surface area contributed by atoms with Crippen molar-refractivity contribution in [1.29, 1.82) is 0 Å². The maximum Gasteiger partial charge on any atom is 0.306 e. The third-order valence-electron chi connectivity index (χ3n) is 5.83. The molecule has 5 atom stereocenters. The largest absolute Gasteiger partial charge is 0.484 e. The number of esters is 1. The predicted octanol–water partition coefficient (Wildman–Crippen LogP) is 3.42. The van der Waals surface area contributed by atoms with Crippen LogP contribution >= 0.6 is 0 Å². The van der Waals surface area contributed by atoms with Gasteiger partial charge in [-0.2, -0.15) is 4.39 Å². The molecule has 2 fully saturated rings. The van der Waals surface area contributed by atoms with E-state index in [9.17, 15) is 45.7 Å². The van der Waals surface area contributed by atoms with Crippen LogP contribution in [-0.4, -0.2) is 41.1 Å². The molecule has 4 rings (SSSR count). The van der Waals surface area contributed by atoms with Gasteiger partial charge in [-0.3, -0.25) is 4.79 Å². The van der Waals surface area contributed by atoms with E-state index in [4.69, 9.17) is 9.47 Å². The van der Waals surface area contributed by atoms with Gasteiger partial charge in [-0.1, -0.05) is 12.2 Å². The lowest BCUT2D eigenvalue weighted by molar-refractivity contribution is -0.141. The fraction of sp³-hybridized carbons (Fsp3) is 0.381. The summed E-state index contributed by atoms with van der Waals surface area (Å²) >= 11 is 0.